The fraction of sp³-hybridized carbons (Fsp3) is 0.538. The summed E-state index contributed by atoms with van der Waals surface area (Å²) < 4.78 is 0. The molecular weight excluding hydrogens is 360 g/mol. The second-order valence-corrected chi connectivity index (χ2v) is 10.1. The lowest BCUT2D eigenvalue weighted by molar-refractivity contribution is 0.274. The molecule has 0 fully saturated rings. The van der Waals surface area contributed by atoms with Crippen molar-refractivity contribution in [3.8, 4) is 17.2 Å². The number of rotatable bonds is 0. The maximum absolute atomic E-state index is 10.8. The minimum Gasteiger partial charge on any atom is -0.504 e. The molecule has 29 heavy (non-hydrogen) atoms. The molecule has 0 radical (unpaired) electrons. The van der Waals surface area contributed by atoms with E-state index in [0.29, 0.717) is 5.92 Å². The van der Waals surface area contributed by atoms with Gasteiger partial charge in [-0.05, 0) is 66.5 Å². The Bertz CT molecular complexity index is 882. The number of aromatic hydroxyl groups is 3. The molecular formula is C26H34O3. The van der Waals surface area contributed by atoms with Crippen LogP contribution in [-0.4, -0.2) is 15.3 Å². The Hall–Kier alpha value is -2.16. The molecule has 0 aromatic heterocycles. The van der Waals surface area contributed by atoms with Crippen LogP contribution in [0, 0.1) is 5.41 Å². The maximum atomic E-state index is 10.8. The Kier molecular flexibility index (Phi) is 5.27. The molecule has 4 aliphatic rings. The highest BCUT2D eigenvalue weighted by Gasteiger charge is 2.32. The molecule has 2 aromatic carbocycles. The molecule has 3 unspecified atom stereocenters. The number of phenolic OH excluding ortho intramolecular Hbond substituents is 3. The van der Waals surface area contributed by atoms with Gasteiger partial charge in [-0.2, -0.15) is 0 Å². The summed E-state index contributed by atoms with van der Waals surface area (Å²) in [6, 6.07) is 10.9. The predicted octanol–water partition coefficient (Wildman–Crippen LogP) is 6.91. The Morgan fingerprint density at radius 3 is 2.14 bits per heavy atom. The van der Waals surface area contributed by atoms with Gasteiger partial charge in [-0.15, -0.1) is 0 Å². The summed E-state index contributed by atoms with van der Waals surface area (Å²) in [6.45, 7) is 6.74. The summed E-state index contributed by atoms with van der Waals surface area (Å²) in [5.74, 6) is -0.0249. The van der Waals surface area contributed by atoms with Crippen molar-refractivity contribution in [3.63, 3.8) is 0 Å². The van der Waals surface area contributed by atoms with Crippen LogP contribution in [0.2, 0.25) is 0 Å². The summed E-state index contributed by atoms with van der Waals surface area (Å²) in [7, 11) is 0. The summed E-state index contributed by atoms with van der Waals surface area (Å²) in [5.41, 5.74) is 4.19. The van der Waals surface area contributed by atoms with Gasteiger partial charge in [0.15, 0.2) is 11.5 Å². The standard InChI is InChI=1S/C26H34O3/c1-16-6-4-7-17-8-5-13-26(2,3)15-22(19-11-9-18(17)10-12-19)21-14-20(16)23(27)25(29)24(21)28/h9-12,14,16-17,22,27-29H,4-8,13,15H2,1-3H3. The zero-order chi connectivity index (χ0) is 20.8. The number of hydrogen-bond donors (Lipinski definition) is 3. The predicted molar refractivity (Wildman–Crippen MR) is 117 cm³/mol. The summed E-state index contributed by atoms with van der Waals surface area (Å²) in [4.78, 5) is 0. The first-order valence-corrected chi connectivity index (χ1v) is 11.1. The normalized spacial score (nSPS) is 26.5. The monoisotopic (exact) mass is 394 g/mol. The van der Waals surface area contributed by atoms with Crippen molar-refractivity contribution in [2.24, 2.45) is 5.41 Å². The van der Waals surface area contributed by atoms with Crippen molar-refractivity contribution < 1.29 is 15.3 Å². The third-order valence-corrected chi connectivity index (χ3v) is 7.38. The Morgan fingerprint density at radius 2 is 1.41 bits per heavy atom. The van der Waals surface area contributed by atoms with Gasteiger partial charge < -0.3 is 15.3 Å². The van der Waals surface area contributed by atoms with E-state index in [1.54, 1.807) is 0 Å². The van der Waals surface area contributed by atoms with E-state index >= 15 is 0 Å². The smallest absolute Gasteiger partial charge is 0.200 e. The van der Waals surface area contributed by atoms with E-state index < -0.39 is 0 Å². The minimum absolute atomic E-state index is 0.0196. The molecule has 3 heteroatoms. The van der Waals surface area contributed by atoms with Gasteiger partial charge >= 0.3 is 0 Å². The zero-order valence-corrected chi connectivity index (χ0v) is 17.9. The third-order valence-electron chi connectivity index (χ3n) is 7.38. The van der Waals surface area contributed by atoms with Gasteiger partial charge in [0.05, 0.1) is 0 Å². The highest BCUT2D eigenvalue weighted by molar-refractivity contribution is 5.60. The molecule has 0 heterocycles. The van der Waals surface area contributed by atoms with Gasteiger partial charge in [0.1, 0.15) is 0 Å². The van der Waals surface area contributed by atoms with E-state index in [-0.39, 0.29) is 34.5 Å². The van der Waals surface area contributed by atoms with E-state index in [4.69, 9.17) is 0 Å². The quantitative estimate of drug-likeness (QED) is 0.426. The highest BCUT2D eigenvalue weighted by atomic mass is 16.3. The number of hydrogen-bond acceptors (Lipinski definition) is 3. The second kappa shape index (κ2) is 7.59. The van der Waals surface area contributed by atoms with Gasteiger partial charge in [0, 0.05) is 17.0 Å². The molecule has 4 aliphatic carbocycles. The van der Waals surface area contributed by atoms with Gasteiger partial charge in [0.2, 0.25) is 5.75 Å². The molecule has 156 valence electrons. The Morgan fingerprint density at radius 1 is 0.793 bits per heavy atom. The Balaban J connectivity index is 1.96. The first kappa shape index (κ1) is 20.1. The summed E-state index contributed by atoms with van der Waals surface area (Å²) in [5, 5.41) is 32.0. The van der Waals surface area contributed by atoms with Crippen molar-refractivity contribution in [2.75, 3.05) is 0 Å². The fourth-order valence-electron chi connectivity index (χ4n) is 5.52. The fourth-order valence-corrected chi connectivity index (χ4v) is 5.52. The van der Waals surface area contributed by atoms with Crippen LogP contribution in [0.3, 0.4) is 0 Å². The molecule has 0 saturated carbocycles. The molecule has 3 atom stereocenters. The molecule has 0 amide bonds. The van der Waals surface area contributed by atoms with Gasteiger partial charge in [-0.3, -0.25) is 0 Å². The first-order chi connectivity index (χ1) is 13.8. The van der Waals surface area contributed by atoms with E-state index in [1.807, 2.05) is 6.07 Å². The lowest BCUT2D eigenvalue weighted by Crippen LogP contribution is -2.17. The average Bonchev–Trinajstić information content (AvgIpc) is 2.71. The largest absolute Gasteiger partial charge is 0.504 e. The van der Waals surface area contributed by atoms with Gasteiger partial charge in [-0.1, -0.05) is 57.9 Å². The lowest BCUT2D eigenvalue weighted by atomic mass is 9.73. The third kappa shape index (κ3) is 3.84. The van der Waals surface area contributed by atoms with Crippen molar-refractivity contribution in [1.82, 2.24) is 0 Å². The van der Waals surface area contributed by atoms with Crippen LogP contribution in [0.1, 0.15) is 106 Å². The van der Waals surface area contributed by atoms with E-state index in [9.17, 15) is 15.3 Å². The molecule has 0 spiro atoms. The van der Waals surface area contributed by atoms with Crippen LogP contribution in [0.15, 0.2) is 30.3 Å². The maximum Gasteiger partial charge on any atom is 0.200 e. The number of fused-ring (bicyclic) bond motifs is 7. The molecule has 0 saturated heterocycles. The van der Waals surface area contributed by atoms with Crippen molar-refractivity contribution in [3.05, 3.63) is 52.6 Å². The van der Waals surface area contributed by atoms with Crippen LogP contribution in [-0.2, 0) is 0 Å². The number of benzene rings is 2. The zero-order valence-electron chi connectivity index (χ0n) is 17.9. The van der Waals surface area contributed by atoms with Crippen molar-refractivity contribution in [1.29, 1.82) is 0 Å². The van der Waals surface area contributed by atoms with E-state index in [1.165, 1.54) is 24.0 Å². The topological polar surface area (TPSA) is 60.7 Å². The highest BCUT2D eigenvalue weighted by Crippen LogP contribution is 2.51. The second-order valence-electron chi connectivity index (χ2n) is 10.1. The van der Waals surface area contributed by atoms with E-state index in [2.05, 4.69) is 45.0 Å². The molecule has 6 rings (SSSR count). The van der Waals surface area contributed by atoms with E-state index in [0.717, 1.165) is 43.2 Å². The molecule has 3 N–H and O–H groups in total. The first-order valence-electron chi connectivity index (χ1n) is 11.1. The van der Waals surface area contributed by atoms with Crippen LogP contribution in [0.4, 0.5) is 0 Å². The van der Waals surface area contributed by atoms with Crippen LogP contribution in [0.25, 0.3) is 0 Å². The molecule has 3 nitrogen and oxygen atoms in total. The summed E-state index contributed by atoms with van der Waals surface area (Å²) in [6.07, 6.45) is 7.64. The van der Waals surface area contributed by atoms with Gasteiger partial charge in [0.25, 0.3) is 0 Å². The van der Waals surface area contributed by atoms with Crippen LogP contribution in [0.5, 0.6) is 17.2 Å². The van der Waals surface area contributed by atoms with Gasteiger partial charge in [-0.25, -0.2) is 0 Å². The van der Waals surface area contributed by atoms with Crippen molar-refractivity contribution in [2.45, 2.75) is 83.5 Å². The lowest BCUT2D eigenvalue weighted by Gasteiger charge is -2.32. The molecule has 0 aliphatic heterocycles. The summed E-state index contributed by atoms with van der Waals surface area (Å²) >= 11 is 0. The number of phenols is 3. The van der Waals surface area contributed by atoms with Crippen LogP contribution >= 0.6 is 0 Å². The minimum atomic E-state index is -0.372. The average molecular weight is 395 g/mol. The molecule has 6 bridgehead atoms. The molecule has 2 aromatic rings. The van der Waals surface area contributed by atoms with Crippen LogP contribution < -0.4 is 0 Å². The Labute approximate surface area is 174 Å². The van der Waals surface area contributed by atoms with Crippen molar-refractivity contribution >= 4 is 0 Å². The SMILES string of the molecule is CC1CCCC2CCCC(C)(C)CC(c3ccc2cc3)c2cc1c(O)c(O)c2O.